The van der Waals surface area contributed by atoms with Crippen LogP contribution in [0.4, 0.5) is 14.5 Å². The monoisotopic (exact) mass is 377 g/mol. The second-order valence-corrected chi connectivity index (χ2v) is 6.66. The average molecular weight is 378 g/mol. The van der Waals surface area contributed by atoms with E-state index in [0.29, 0.717) is 33.2 Å². The highest BCUT2D eigenvalue weighted by Gasteiger charge is 2.26. The molecular weight excluding hydrogens is 364 g/mol. The molecule has 1 aliphatic heterocycles. The number of rotatable bonds is 1. The molecule has 0 amide bonds. The molecule has 0 radical (unpaired) electrons. The van der Waals surface area contributed by atoms with Crippen molar-refractivity contribution >= 4 is 28.3 Å². The van der Waals surface area contributed by atoms with Crippen LogP contribution in [0.15, 0.2) is 33.5 Å². The highest BCUT2D eigenvalue weighted by Crippen LogP contribution is 2.40. The molecule has 26 heavy (non-hydrogen) atoms. The Kier molecular flexibility index (Phi) is 3.88. The van der Waals surface area contributed by atoms with E-state index in [4.69, 9.17) is 20.8 Å². The van der Waals surface area contributed by atoms with E-state index in [2.05, 4.69) is 0 Å². The van der Waals surface area contributed by atoms with Gasteiger partial charge in [0.15, 0.2) is 18.4 Å². The smallest absolute Gasteiger partial charge is 0.339 e. The number of benzene rings is 2. The number of ether oxygens (including phenoxy) is 1. The molecule has 0 N–H and O–H groups in total. The lowest BCUT2D eigenvalue weighted by Gasteiger charge is -2.31. The van der Waals surface area contributed by atoms with E-state index in [-0.39, 0.29) is 13.3 Å². The van der Waals surface area contributed by atoms with Gasteiger partial charge >= 0.3 is 5.63 Å². The van der Waals surface area contributed by atoms with Crippen LogP contribution >= 0.6 is 11.6 Å². The first-order chi connectivity index (χ1) is 12.4. The molecule has 2 heterocycles. The molecule has 0 bridgehead atoms. The minimum atomic E-state index is -0.942. The predicted molar refractivity (Wildman–Crippen MR) is 95.0 cm³/mol. The minimum absolute atomic E-state index is 0.109. The molecule has 2 aromatic carbocycles. The van der Waals surface area contributed by atoms with E-state index in [1.165, 1.54) is 6.07 Å². The lowest BCUT2D eigenvalue weighted by molar-refractivity contribution is 0.289. The second-order valence-electron chi connectivity index (χ2n) is 6.25. The topological polar surface area (TPSA) is 42.7 Å². The molecule has 0 unspecified atom stereocenters. The third kappa shape index (κ3) is 2.52. The van der Waals surface area contributed by atoms with Crippen LogP contribution in [0.5, 0.6) is 5.75 Å². The summed E-state index contributed by atoms with van der Waals surface area (Å²) in [7, 11) is 0. The third-order valence-corrected chi connectivity index (χ3v) is 5.01. The molecule has 0 spiro atoms. The first-order valence-electron chi connectivity index (χ1n) is 7.95. The third-order valence-electron chi connectivity index (χ3n) is 4.73. The molecule has 4 nitrogen and oxygen atoms in total. The predicted octanol–water partition coefficient (Wildman–Crippen LogP) is 4.70. The van der Waals surface area contributed by atoms with Crippen molar-refractivity contribution in [3.63, 3.8) is 0 Å². The summed E-state index contributed by atoms with van der Waals surface area (Å²) in [6.07, 6.45) is 0. The number of hydrogen-bond acceptors (Lipinski definition) is 4. The van der Waals surface area contributed by atoms with Crippen LogP contribution in [0.3, 0.4) is 0 Å². The van der Waals surface area contributed by atoms with E-state index in [1.54, 1.807) is 17.9 Å². The first kappa shape index (κ1) is 16.8. The molecule has 0 fully saturated rings. The lowest BCUT2D eigenvalue weighted by atomic mass is 10.0. The van der Waals surface area contributed by atoms with Gasteiger partial charge in [-0.3, -0.25) is 0 Å². The summed E-state index contributed by atoms with van der Waals surface area (Å²) in [6, 6.07) is 5.34. The first-order valence-corrected chi connectivity index (χ1v) is 8.33. The summed E-state index contributed by atoms with van der Waals surface area (Å²) < 4.78 is 38.0. The summed E-state index contributed by atoms with van der Waals surface area (Å²) in [6.45, 7) is 3.91. The zero-order valence-electron chi connectivity index (χ0n) is 14.0. The number of halogens is 3. The van der Waals surface area contributed by atoms with Crippen LogP contribution in [-0.2, 0) is 6.54 Å². The molecule has 3 aromatic rings. The zero-order valence-corrected chi connectivity index (χ0v) is 14.8. The van der Waals surface area contributed by atoms with Crippen molar-refractivity contribution < 1.29 is 17.9 Å². The van der Waals surface area contributed by atoms with Gasteiger partial charge in [-0.25, -0.2) is 13.6 Å². The Morgan fingerprint density at radius 3 is 2.62 bits per heavy atom. The number of hydrogen-bond donors (Lipinski definition) is 0. The SMILES string of the molecule is Cc1c(C)c2cc(Cl)c3c(c2oc1=O)CN(c1ccc(F)c(F)c1)CO3. The average Bonchev–Trinajstić information content (AvgIpc) is 2.63. The molecule has 0 saturated carbocycles. The van der Waals surface area contributed by atoms with Gasteiger partial charge in [0.2, 0.25) is 0 Å². The lowest BCUT2D eigenvalue weighted by Crippen LogP contribution is -2.32. The van der Waals surface area contributed by atoms with Crippen LogP contribution in [0.2, 0.25) is 5.02 Å². The number of anilines is 1. The normalized spacial score (nSPS) is 13.7. The fourth-order valence-electron chi connectivity index (χ4n) is 3.11. The molecule has 134 valence electrons. The van der Waals surface area contributed by atoms with E-state index in [0.717, 1.165) is 23.1 Å². The highest BCUT2D eigenvalue weighted by molar-refractivity contribution is 6.33. The van der Waals surface area contributed by atoms with Gasteiger partial charge in [-0.15, -0.1) is 0 Å². The molecule has 4 rings (SSSR count). The van der Waals surface area contributed by atoms with Gasteiger partial charge in [-0.2, -0.15) is 0 Å². The Morgan fingerprint density at radius 2 is 1.88 bits per heavy atom. The van der Waals surface area contributed by atoms with Gasteiger partial charge in [0, 0.05) is 22.7 Å². The van der Waals surface area contributed by atoms with E-state index in [1.807, 2.05) is 6.92 Å². The van der Waals surface area contributed by atoms with Gasteiger partial charge in [0.05, 0.1) is 17.1 Å². The number of fused-ring (bicyclic) bond motifs is 3. The van der Waals surface area contributed by atoms with Crippen molar-refractivity contribution in [1.82, 2.24) is 0 Å². The standard InChI is InChI=1S/C19H14ClF2NO3/c1-9-10(2)19(24)26-17-12(9)6-14(20)18-13(17)7-23(8-25-18)11-3-4-15(21)16(22)5-11/h3-6H,7-8H2,1-2H3. The van der Waals surface area contributed by atoms with Gasteiger partial charge in [-0.1, -0.05) is 11.6 Å². The Morgan fingerprint density at radius 1 is 1.12 bits per heavy atom. The van der Waals surface area contributed by atoms with Crippen molar-refractivity contribution in [3.05, 3.63) is 68.0 Å². The van der Waals surface area contributed by atoms with Crippen molar-refractivity contribution in [2.45, 2.75) is 20.4 Å². The fourth-order valence-corrected chi connectivity index (χ4v) is 3.39. The minimum Gasteiger partial charge on any atom is -0.471 e. The van der Waals surface area contributed by atoms with Crippen molar-refractivity contribution in [3.8, 4) is 5.75 Å². The Bertz CT molecular complexity index is 1110. The fraction of sp³-hybridized carbons (Fsp3) is 0.211. The maximum absolute atomic E-state index is 13.6. The van der Waals surface area contributed by atoms with Gasteiger partial charge in [0.25, 0.3) is 0 Å². The van der Waals surface area contributed by atoms with Crippen molar-refractivity contribution in [2.24, 2.45) is 0 Å². The molecule has 0 aliphatic carbocycles. The van der Waals surface area contributed by atoms with Gasteiger partial charge < -0.3 is 14.1 Å². The molecule has 0 atom stereocenters. The largest absolute Gasteiger partial charge is 0.471 e. The van der Waals surface area contributed by atoms with Crippen molar-refractivity contribution in [1.29, 1.82) is 0 Å². The number of nitrogens with zero attached hydrogens (tertiary/aromatic N) is 1. The van der Waals surface area contributed by atoms with E-state index in [9.17, 15) is 13.6 Å². The van der Waals surface area contributed by atoms with E-state index < -0.39 is 17.3 Å². The summed E-state index contributed by atoms with van der Waals surface area (Å²) in [5.41, 5.74) is 2.32. The Hall–Kier alpha value is -2.60. The van der Waals surface area contributed by atoms with Crippen LogP contribution in [0.25, 0.3) is 11.0 Å². The van der Waals surface area contributed by atoms with Crippen LogP contribution in [-0.4, -0.2) is 6.73 Å². The summed E-state index contributed by atoms with van der Waals surface area (Å²) in [4.78, 5) is 13.8. The van der Waals surface area contributed by atoms with Crippen molar-refractivity contribution in [2.75, 3.05) is 11.6 Å². The van der Waals surface area contributed by atoms with E-state index >= 15 is 0 Å². The van der Waals surface area contributed by atoms with Gasteiger partial charge in [0.1, 0.15) is 11.3 Å². The van der Waals surface area contributed by atoms with Gasteiger partial charge in [-0.05, 0) is 37.6 Å². The molecule has 1 aromatic heterocycles. The summed E-state index contributed by atoms with van der Waals surface area (Å²) >= 11 is 6.35. The quantitative estimate of drug-likeness (QED) is 0.577. The highest BCUT2D eigenvalue weighted by atomic mass is 35.5. The van der Waals surface area contributed by atoms with Crippen LogP contribution < -0.4 is 15.3 Å². The molecular formula is C19H14ClF2NO3. The number of aryl methyl sites for hydroxylation is 1. The van der Waals surface area contributed by atoms with Crippen LogP contribution in [0.1, 0.15) is 16.7 Å². The summed E-state index contributed by atoms with van der Waals surface area (Å²) in [5.74, 6) is -1.43. The Balaban J connectivity index is 1.88. The summed E-state index contributed by atoms with van der Waals surface area (Å²) in [5, 5.41) is 1.13. The second kappa shape index (κ2) is 5.99. The molecule has 7 heteroatoms. The molecule has 0 saturated heterocycles. The zero-order chi connectivity index (χ0) is 18.6. The molecule has 1 aliphatic rings. The Labute approximate surface area is 152 Å². The van der Waals surface area contributed by atoms with Crippen LogP contribution in [0, 0.1) is 25.5 Å². The maximum atomic E-state index is 13.6. The maximum Gasteiger partial charge on any atom is 0.339 e.